The highest BCUT2D eigenvalue weighted by Crippen LogP contribution is 2.15. The summed E-state index contributed by atoms with van der Waals surface area (Å²) in [6, 6.07) is 13.5. The molecule has 8 heteroatoms. The van der Waals surface area contributed by atoms with Crippen LogP contribution in [0.5, 0.6) is 0 Å². The minimum atomic E-state index is -0.364. The average molecular weight is 452 g/mol. The standard InChI is InChI=1S/C17H17IN4O3/c1-19-17(25)22-12-6-4-5-11(9-12)21-15(23)10-20-16(24)13-7-2-3-8-14(13)18/h2-9H,10H2,1H3,(H,20,24)(H,21,23)(H2,19,22,25). The number of amides is 4. The number of rotatable bonds is 5. The highest BCUT2D eigenvalue weighted by molar-refractivity contribution is 14.1. The van der Waals surface area contributed by atoms with Crippen molar-refractivity contribution in [1.82, 2.24) is 10.6 Å². The Morgan fingerprint density at radius 3 is 2.32 bits per heavy atom. The summed E-state index contributed by atoms with van der Waals surface area (Å²) in [5.74, 6) is -0.674. The topological polar surface area (TPSA) is 99.3 Å². The number of benzene rings is 2. The van der Waals surface area contributed by atoms with Crippen LogP contribution in [0, 0.1) is 3.57 Å². The summed E-state index contributed by atoms with van der Waals surface area (Å²) in [5, 5.41) is 10.3. The molecular weight excluding hydrogens is 435 g/mol. The Balaban J connectivity index is 1.90. The van der Waals surface area contributed by atoms with Gasteiger partial charge in [0.2, 0.25) is 5.91 Å². The van der Waals surface area contributed by atoms with Crippen molar-refractivity contribution >= 4 is 51.8 Å². The summed E-state index contributed by atoms with van der Waals surface area (Å²) in [6.07, 6.45) is 0. The van der Waals surface area contributed by atoms with Crippen LogP contribution >= 0.6 is 22.6 Å². The van der Waals surface area contributed by atoms with E-state index >= 15 is 0 Å². The van der Waals surface area contributed by atoms with Crippen LogP contribution in [-0.4, -0.2) is 31.4 Å². The fourth-order valence-corrected chi connectivity index (χ4v) is 2.61. The van der Waals surface area contributed by atoms with Crippen LogP contribution in [-0.2, 0) is 4.79 Å². The van der Waals surface area contributed by atoms with Gasteiger partial charge in [-0.3, -0.25) is 9.59 Å². The molecule has 25 heavy (non-hydrogen) atoms. The number of carbonyl (C=O) groups is 3. The molecule has 0 atom stereocenters. The van der Waals surface area contributed by atoms with Crippen molar-refractivity contribution in [2.75, 3.05) is 24.2 Å². The van der Waals surface area contributed by atoms with Gasteiger partial charge in [0, 0.05) is 22.0 Å². The Morgan fingerprint density at radius 2 is 1.64 bits per heavy atom. The van der Waals surface area contributed by atoms with Gasteiger partial charge in [-0.25, -0.2) is 4.79 Å². The fourth-order valence-electron chi connectivity index (χ4n) is 1.97. The first-order chi connectivity index (χ1) is 12.0. The van der Waals surface area contributed by atoms with E-state index in [0.29, 0.717) is 16.9 Å². The molecule has 2 rings (SSSR count). The highest BCUT2D eigenvalue weighted by Gasteiger charge is 2.11. The Bertz CT molecular complexity index is 795. The van der Waals surface area contributed by atoms with Gasteiger partial charge in [-0.05, 0) is 52.9 Å². The predicted octanol–water partition coefficient (Wildman–Crippen LogP) is 2.41. The molecule has 0 saturated heterocycles. The first-order valence-corrected chi connectivity index (χ1v) is 8.49. The second-order valence-corrected chi connectivity index (χ2v) is 6.16. The number of hydrogen-bond acceptors (Lipinski definition) is 3. The van der Waals surface area contributed by atoms with Gasteiger partial charge in [-0.1, -0.05) is 18.2 Å². The van der Waals surface area contributed by atoms with Gasteiger partial charge >= 0.3 is 6.03 Å². The van der Waals surface area contributed by atoms with Gasteiger partial charge in [0.05, 0.1) is 12.1 Å². The molecule has 0 aromatic heterocycles. The van der Waals surface area contributed by atoms with Crippen LogP contribution in [0.1, 0.15) is 10.4 Å². The van der Waals surface area contributed by atoms with E-state index in [9.17, 15) is 14.4 Å². The molecule has 0 spiro atoms. The van der Waals surface area contributed by atoms with Gasteiger partial charge in [0.25, 0.3) is 5.91 Å². The van der Waals surface area contributed by atoms with E-state index < -0.39 is 0 Å². The molecule has 0 saturated carbocycles. The minimum Gasteiger partial charge on any atom is -0.343 e. The van der Waals surface area contributed by atoms with Crippen molar-refractivity contribution < 1.29 is 14.4 Å². The largest absolute Gasteiger partial charge is 0.343 e. The summed E-state index contributed by atoms with van der Waals surface area (Å²) < 4.78 is 0.811. The molecule has 2 aromatic carbocycles. The molecule has 7 nitrogen and oxygen atoms in total. The van der Waals surface area contributed by atoms with Crippen LogP contribution < -0.4 is 21.3 Å². The maximum atomic E-state index is 12.1. The molecule has 4 N–H and O–H groups in total. The predicted molar refractivity (Wildman–Crippen MR) is 105 cm³/mol. The monoisotopic (exact) mass is 452 g/mol. The Hall–Kier alpha value is -2.62. The lowest BCUT2D eigenvalue weighted by Crippen LogP contribution is -2.33. The molecule has 0 fully saturated rings. The van der Waals surface area contributed by atoms with Gasteiger partial charge < -0.3 is 21.3 Å². The van der Waals surface area contributed by atoms with Crippen molar-refractivity contribution in [3.8, 4) is 0 Å². The van der Waals surface area contributed by atoms with E-state index in [2.05, 4.69) is 43.9 Å². The van der Waals surface area contributed by atoms with E-state index in [0.717, 1.165) is 3.57 Å². The lowest BCUT2D eigenvalue weighted by atomic mass is 10.2. The zero-order valence-corrected chi connectivity index (χ0v) is 15.6. The smallest absolute Gasteiger partial charge is 0.318 e. The zero-order chi connectivity index (χ0) is 18.2. The number of halogens is 1. The second kappa shape index (κ2) is 9.02. The van der Waals surface area contributed by atoms with E-state index in [-0.39, 0.29) is 24.4 Å². The average Bonchev–Trinajstić information content (AvgIpc) is 2.60. The Kier molecular flexibility index (Phi) is 6.75. The van der Waals surface area contributed by atoms with Crippen molar-refractivity contribution in [2.45, 2.75) is 0 Å². The Morgan fingerprint density at radius 1 is 0.960 bits per heavy atom. The van der Waals surface area contributed by atoms with E-state index in [1.165, 1.54) is 7.05 Å². The maximum Gasteiger partial charge on any atom is 0.318 e. The number of anilines is 2. The molecule has 0 aliphatic carbocycles. The van der Waals surface area contributed by atoms with Crippen molar-refractivity contribution in [3.63, 3.8) is 0 Å². The lowest BCUT2D eigenvalue weighted by molar-refractivity contribution is -0.115. The van der Waals surface area contributed by atoms with Crippen LogP contribution in [0.15, 0.2) is 48.5 Å². The SMILES string of the molecule is CNC(=O)Nc1cccc(NC(=O)CNC(=O)c2ccccc2I)c1. The van der Waals surface area contributed by atoms with Crippen LogP contribution in [0.3, 0.4) is 0 Å². The molecule has 0 aliphatic heterocycles. The minimum absolute atomic E-state index is 0.156. The summed E-state index contributed by atoms with van der Waals surface area (Å²) >= 11 is 2.07. The first kappa shape index (κ1) is 18.7. The van der Waals surface area contributed by atoms with E-state index in [1.54, 1.807) is 36.4 Å². The third kappa shape index (κ3) is 5.75. The normalized spacial score (nSPS) is 9.84. The molecular formula is C17H17IN4O3. The highest BCUT2D eigenvalue weighted by atomic mass is 127. The van der Waals surface area contributed by atoms with Gasteiger partial charge in [-0.2, -0.15) is 0 Å². The van der Waals surface area contributed by atoms with E-state index in [1.807, 2.05) is 12.1 Å². The van der Waals surface area contributed by atoms with E-state index in [4.69, 9.17) is 0 Å². The number of nitrogens with one attached hydrogen (secondary N) is 4. The number of hydrogen-bond donors (Lipinski definition) is 4. The molecule has 2 aromatic rings. The number of carbonyl (C=O) groups excluding carboxylic acids is 3. The quantitative estimate of drug-likeness (QED) is 0.525. The molecule has 0 aliphatic rings. The van der Waals surface area contributed by atoms with Crippen molar-refractivity contribution in [1.29, 1.82) is 0 Å². The van der Waals surface area contributed by atoms with Gasteiger partial charge in [0.15, 0.2) is 0 Å². The van der Waals surface area contributed by atoms with Crippen molar-refractivity contribution in [3.05, 3.63) is 57.7 Å². The van der Waals surface area contributed by atoms with Crippen LogP contribution in [0.2, 0.25) is 0 Å². The molecule has 4 amide bonds. The van der Waals surface area contributed by atoms with Gasteiger partial charge in [-0.15, -0.1) is 0 Å². The lowest BCUT2D eigenvalue weighted by Gasteiger charge is -2.10. The molecule has 0 unspecified atom stereocenters. The molecule has 0 radical (unpaired) electrons. The summed E-state index contributed by atoms with van der Waals surface area (Å²) in [4.78, 5) is 35.4. The summed E-state index contributed by atoms with van der Waals surface area (Å²) in [6.45, 7) is -0.156. The third-order valence-corrected chi connectivity index (χ3v) is 4.10. The summed E-state index contributed by atoms with van der Waals surface area (Å²) in [7, 11) is 1.51. The van der Waals surface area contributed by atoms with Crippen LogP contribution in [0.4, 0.5) is 16.2 Å². The fraction of sp³-hybridized carbons (Fsp3) is 0.118. The van der Waals surface area contributed by atoms with Gasteiger partial charge in [0.1, 0.15) is 0 Å². The van der Waals surface area contributed by atoms with Crippen LogP contribution in [0.25, 0.3) is 0 Å². The second-order valence-electron chi connectivity index (χ2n) is 5.00. The first-order valence-electron chi connectivity index (χ1n) is 7.41. The Labute approximate surface area is 158 Å². The summed E-state index contributed by atoms with van der Waals surface area (Å²) in [5.41, 5.74) is 1.58. The third-order valence-electron chi connectivity index (χ3n) is 3.16. The number of urea groups is 1. The maximum absolute atomic E-state index is 12.1. The molecule has 130 valence electrons. The van der Waals surface area contributed by atoms with Crippen molar-refractivity contribution in [2.24, 2.45) is 0 Å². The zero-order valence-electron chi connectivity index (χ0n) is 13.4. The molecule has 0 heterocycles. The molecule has 0 bridgehead atoms.